The molecule has 0 nitrogen and oxygen atoms in total. The first-order valence-corrected chi connectivity index (χ1v) is 2.40. The zero-order valence-corrected chi connectivity index (χ0v) is 3.58. The maximum atomic E-state index is 2.24. The molecule has 1 atom stereocenters. The minimum absolute atomic E-state index is 1.10. The normalized spacial score (nSPS) is 25.8. The summed E-state index contributed by atoms with van der Waals surface area (Å²) in [7, 11) is 1.10. The first-order valence-electron chi connectivity index (χ1n) is 1.33. The standard InChI is InChI=1S/C3H5P/c1-3-2-4-3/h2,4H,1H3. The first kappa shape index (κ1) is 2.41. The Morgan fingerprint density at radius 1 is 2.00 bits per heavy atom. The van der Waals surface area contributed by atoms with Crippen LogP contribution < -0.4 is 0 Å². The molecule has 0 aromatic heterocycles. The van der Waals surface area contributed by atoms with Crippen LogP contribution in [-0.4, -0.2) is 0 Å². The van der Waals surface area contributed by atoms with Gasteiger partial charge in [0.25, 0.3) is 0 Å². The van der Waals surface area contributed by atoms with E-state index in [0.717, 1.165) is 8.58 Å². The van der Waals surface area contributed by atoms with E-state index in [0.29, 0.717) is 0 Å². The summed E-state index contributed by atoms with van der Waals surface area (Å²) in [6.07, 6.45) is 0. The van der Waals surface area contributed by atoms with Crippen LogP contribution in [0.15, 0.2) is 11.1 Å². The molecule has 1 heteroatoms. The van der Waals surface area contributed by atoms with Gasteiger partial charge >= 0.3 is 0 Å². The van der Waals surface area contributed by atoms with Crippen LogP contribution in [0.5, 0.6) is 0 Å². The van der Waals surface area contributed by atoms with Crippen LogP contribution in [0.3, 0.4) is 0 Å². The lowest BCUT2D eigenvalue weighted by atomic mass is 10.8. The number of hydrogen-bond acceptors (Lipinski definition) is 0. The van der Waals surface area contributed by atoms with Crippen LogP contribution in [-0.2, 0) is 0 Å². The van der Waals surface area contributed by atoms with E-state index in [-0.39, 0.29) is 0 Å². The number of allylic oxidation sites excluding steroid dienone is 1. The van der Waals surface area contributed by atoms with Crippen molar-refractivity contribution in [2.24, 2.45) is 0 Å². The van der Waals surface area contributed by atoms with Gasteiger partial charge in [0.2, 0.25) is 0 Å². The average molecular weight is 72.0 g/mol. The zero-order chi connectivity index (χ0) is 2.99. The van der Waals surface area contributed by atoms with Crippen molar-refractivity contribution < 1.29 is 0 Å². The van der Waals surface area contributed by atoms with Gasteiger partial charge in [-0.25, -0.2) is 0 Å². The van der Waals surface area contributed by atoms with Crippen molar-refractivity contribution >= 4 is 8.58 Å². The Hall–Kier alpha value is 0.170. The second-order valence-electron chi connectivity index (χ2n) is 0.972. The molecule has 22 valence electrons. The minimum Gasteiger partial charge on any atom is -0.0714 e. The van der Waals surface area contributed by atoms with Crippen molar-refractivity contribution in [3.05, 3.63) is 11.1 Å². The molecule has 0 amide bonds. The van der Waals surface area contributed by atoms with Crippen LogP contribution >= 0.6 is 8.58 Å². The van der Waals surface area contributed by atoms with Gasteiger partial charge in [-0.05, 0) is 12.2 Å². The van der Waals surface area contributed by atoms with Crippen molar-refractivity contribution in [3.8, 4) is 0 Å². The third kappa shape index (κ3) is 0.296. The Morgan fingerprint density at radius 3 is 2.25 bits per heavy atom. The highest BCUT2D eigenvalue weighted by atomic mass is 31.1. The van der Waals surface area contributed by atoms with Crippen molar-refractivity contribution in [2.75, 3.05) is 0 Å². The van der Waals surface area contributed by atoms with Crippen LogP contribution in [0.2, 0.25) is 0 Å². The third-order valence-corrected chi connectivity index (χ3v) is 1.30. The largest absolute Gasteiger partial charge is 0.0714 e. The van der Waals surface area contributed by atoms with E-state index in [1.165, 1.54) is 0 Å². The quantitative estimate of drug-likeness (QED) is 0.381. The van der Waals surface area contributed by atoms with Gasteiger partial charge in [0.15, 0.2) is 0 Å². The van der Waals surface area contributed by atoms with E-state index in [2.05, 4.69) is 12.7 Å². The zero-order valence-electron chi connectivity index (χ0n) is 2.58. The van der Waals surface area contributed by atoms with E-state index >= 15 is 0 Å². The predicted octanol–water partition coefficient (Wildman–Crippen LogP) is 1.54. The van der Waals surface area contributed by atoms with Gasteiger partial charge in [-0.1, -0.05) is 14.4 Å². The Morgan fingerprint density at radius 2 is 2.25 bits per heavy atom. The lowest BCUT2D eigenvalue weighted by Gasteiger charge is -1.47. The molecule has 0 saturated carbocycles. The van der Waals surface area contributed by atoms with E-state index in [1.54, 1.807) is 5.31 Å². The van der Waals surface area contributed by atoms with E-state index in [4.69, 9.17) is 0 Å². The Balaban J connectivity index is 2.54. The predicted molar refractivity (Wildman–Crippen MR) is 22.1 cm³/mol. The maximum Gasteiger partial charge on any atom is -0.0392 e. The van der Waals surface area contributed by atoms with E-state index < -0.39 is 0 Å². The molecule has 1 aliphatic heterocycles. The second-order valence-corrected chi connectivity index (χ2v) is 2.34. The van der Waals surface area contributed by atoms with Crippen molar-refractivity contribution in [2.45, 2.75) is 6.92 Å². The summed E-state index contributed by atoms with van der Waals surface area (Å²) in [5, 5.41) is 1.57. The lowest BCUT2D eigenvalue weighted by Crippen LogP contribution is -1.16. The molecule has 0 radical (unpaired) electrons. The summed E-state index contributed by atoms with van der Waals surface area (Å²) in [4.78, 5) is 0. The highest BCUT2D eigenvalue weighted by Crippen LogP contribution is 2.40. The van der Waals surface area contributed by atoms with Crippen LogP contribution in [0.4, 0.5) is 0 Å². The lowest BCUT2D eigenvalue weighted by molar-refractivity contribution is 1.78. The molecular formula is C3H5P. The fourth-order valence-corrected chi connectivity index (χ4v) is 0.217. The molecule has 0 aromatic rings. The first-order chi connectivity index (χ1) is 1.89. The fourth-order valence-electron chi connectivity index (χ4n) is 0.0722. The van der Waals surface area contributed by atoms with Gasteiger partial charge < -0.3 is 0 Å². The molecule has 1 unspecified atom stereocenters. The van der Waals surface area contributed by atoms with Gasteiger partial charge in [-0.3, -0.25) is 0 Å². The molecule has 1 aliphatic rings. The molecule has 0 spiro atoms. The summed E-state index contributed by atoms with van der Waals surface area (Å²) in [5.41, 5.74) is 0. The van der Waals surface area contributed by atoms with E-state index in [9.17, 15) is 0 Å². The molecule has 0 aromatic carbocycles. The van der Waals surface area contributed by atoms with Gasteiger partial charge in [-0.2, -0.15) is 0 Å². The molecule has 1 heterocycles. The van der Waals surface area contributed by atoms with Gasteiger partial charge in [-0.15, -0.1) is 0 Å². The maximum absolute atomic E-state index is 2.24. The van der Waals surface area contributed by atoms with Gasteiger partial charge in [0, 0.05) is 0 Å². The topological polar surface area (TPSA) is 0 Å². The van der Waals surface area contributed by atoms with Crippen LogP contribution in [0.1, 0.15) is 6.92 Å². The molecule has 4 heavy (non-hydrogen) atoms. The summed E-state index contributed by atoms with van der Waals surface area (Å²) < 4.78 is 0. The Labute approximate surface area is 27.7 Å². The molecule has 0 N–H and O–H groups in total. The molecule has 0 aliphatic carbocycles. The monoisotopic (exact) mass is 72.0 g/mol. The van der Waals surface area contributed by atoms with Gasteiger partial charge in [0.1, 0.15) is 0 Å². The third-order valence-electron chi connectivity index (χ3n) is 0.433. The summed E-state index contributed by atoms with van der Waals surface area (Å²) in [6.45, 7) is 2.15. The highest BCUT2D eigenvalue weighted by molar-refractivity contribution is 7.54. The smallest absolute Gasteiger partial charge is 0.0392 e. The van der Waals surface area contributed by atoms with E-state index in [1.807, 2.05) is 0 Å². The highest BCUT2D eigenvalue weighted by Gasteiger charge is 1.93. The summed E-state index contributed by atoms with van der Waals surface area (Å²) in [5.74, 6) is 2.24. The SMILES string of the molecule is CC1=CP1. The molecule has 0 fully saturated rings. The summed E-state index contributed by atoms with van der Waals surface area (Å²) >= 11 is 0. The van der Waals surface area contributed by atoms with Gasteiger partial charge in [0.05, 0.1) is 0 Å². The van der Waals surface area contributed by atoms with Crippen molar-refractivity contribution in [1.82, 2.24) is 0 Å². The minimum atomic E-state index is 1.10. The molecular weight excluding hydrogens is 67.0 g/mol. The Kier molecular flexibility index (Phi) is 0.336. The number of rotatable bonds is 0. The van der Waals surface area contributed by atoms with Crippen LogP contribution in [0, 0.1) is 0 Å². The van der Waals surface area contributed by atoms with Crippen molar-refractivity contribution in [3.63, 3.8) is 0 Å². The fraction of sp³-hybridized carbons (Fsp3) is 0.333. The molecule has 0 saturated heterocycles. The molecule has 0 bridgehead atoms. The Bertz CT molecular complexity index is 54.3. The molecule has 1 rings (SSSR count). The second kappa shape index (κ2) is 0.558. The number of hydrogen-bond donors (Lipinski definition) is 0. The summed E-state index contributed by atoms with van der Waals surface area (Å²) in [6, 6.07) is 0. The van der Waals surface area contributed by atoms with Crippen LogP contribution in [0.25, 0.3) is 0 Å². The average Bonchev–Trinajstić information content (AvgIpc) is 1.75. The van der Waals surface area contributed by atoms with Crippen molar-refractivity contribution in [1.29, 1.82) is 0 Å².